The van der Waals surface area contributed by atoms with Crippen molar-refractivity contribution in [3.8, 4) is 0 Å². The fraction of sp³-hybridized carbons (Fsp3) is 0.467. The summed E-state index contributed by atoms with van der Waals surface area (Å²) in [7, 11) is 0. The number of likely N-dealkylation sites (tertiary alicyclic amines) is 1. The van der Waals surface area contributed by atoms with Crippen molar-refractivity contribution in [2.24, 2.45) is 0 Å². The van der Waals surface area contributed by atoms with Gasteiger partial charge in [0.05, 0.1) is 6.54 Å². The summed E-state index contributed by atoms with van der Waals surface area (Å²) in [6.45, 7) is 3.86. The molecule has 1 fully saturated rings. The number of nitrogens with one attached hydrogen (secondary N) is 1. The van der Waals surface area contributed by atoms with E-state index < -0.39 is 0 Å². The zero-order valence-electron chi connectivity index (χ0n) is 11.6. The molecule has 4 nitrogen and oxygen atoms in total. The minimum Gasteiger partial charge on any atom is -0.289 e. The number of rotatable bonds is 4. The molecule has 0 amide bonds. The predicted octanol–water partition coefficient (Wildman–Crippen LogP) is 2.84. The first kappa shape index (κ1) is 13.2. The fourth-order valence-corrected chi connectivity index (χ4v) is 2.83. The Kier molecular flexibility index (Phi) is 3.78. The number of nitrogens with zero attached hydrogens (tertiary/aromatic N) is 3. The van der Waals surface area contributed by atoms with Crippen LogP contribution in [0.5, 0.6) is 0 Å². The molecule has 0 bridgehead atoms. The molecule has 5 heteroatoms. The van der Waals surface area contributed by atoms with Gasteiger partial charge in [-0.05, 0) is 37.1 Å². The summed E-state index contributed by atoms with van der Waals surface area (Å²) in [5, 5.41) is 7.18. The van der Waals surface area contributed by atoms with Crippen molar-refractivity contribution in [3.05, 3.63) is 47.3 Å². The van der Waals surface area contributed by atoms with Crippen LogP contribution in [0.25, 0.3) is 0 Å². The number of aryl methyl sites for hydroxylation is 1. The molecule has 0 aliphatic carbocycles. The summed E-state index contributed by atoms with van der Waals surface area (Å²) in [5.74, 6) is 1.59. The van der Waals surface area contributed by atoms with E-state index in [0.29, 0.717) is 6.04 Å². The van der Waals surface area contributed by atoms with Gasteiger partial charge in [-0.2, -0.15) is 5.10 Å². The summed E-state index contributed by atoms with van der Waals surface area (Å²) in [6, 6.07) is 7.20. The molecule has 1 N–H and O–H groups in total. The second kappa shape index (κ2) is 5.71. The maximum Gasteiger partial charge on any atom is 0.150 e. The summed E-state index contributed by atoms with van der Waals surface area (Å²) < 4.78 is 13.0. The monoisotopic (exact) mass is 274 g/mol. The number of benzene rings is 1. The van der Waals surface area contributed by atoms with Crippen molar-refractivity contribution in [3.63, 3.8) is 0 Å². The minimum atomic E-state index is -0.180. The molecule has 3 rings (SSSR count). The Bertz CT molecular complexity index is 564. The molecule has 1 aromatic carbocycles. The molecule has 0 saturated carbocycles. The summed E-state index contributed by atoms with van der Waals surface area (Å²) in [4.78, 5) is 6.85. The molecule has 2 heterocycles. The normalized spacial score (nSPS) is 19.6. The predicted molar refractivity (Wildman–Crippen MR) is 74.5 cm³/mol. The van der Waals surface area contributed by atoms with E-state index in [-0.39, 0.29) is 5.82 Å². The maximum atomic E-state index is 13.0. The van der Waals surface area contributed by atoms with E-state index in [9.17, 15) is 4.39 Å². The zero-order chi connectivity index (χ0) is 13.9. The van der Waals surface area contributed by atoms with Gasteiger partial charge in [0.15, 0.2) is 0 Å². The van der Waals surface area contributed by atoms with Crippen LogP contribution in [0.3, 0.4) is 0 Å². The van der Waals surface area contributed by atoms with Crippen molar-refractivity contribution < 1.29 is 4.39 Å². The highest BCUT2D eigenvalue weighted by Crippen LogP contribution is 2.32. The number of halogens is 1. The van der Waals surface area contributed by atoms with Gasteiger partial charge < -0.3 is 0 Å². The van der Waals surface area contributed by atoms with Crippen molar-refractivity contribution in [1.82, 2.24) is 20.1 Å². The highest BCUT2D eigenvalue weighted by molar-refractivity contribution is 5.21. The van der Waals surface area contributed by atoms with E-state index in [0.717, 1.165) is 44.0 Å². The average Bonchev–Trinajstić information content (AvgIpc) is 3.09. The third-order valence-corrected chi connectivity index (χ3v) is 3.87. The molecule has 1 aromatic heterocycles. The van der Waals surface area contributed by atoms with Gasteiger partial charge in [-0.15, -0.1) is 0 Å². The van der Waals surface area contributed by atoms with Crippen molar-refractivity contribution in [2.75, 3.05) is 6.54 Å². The van der Waals surface area contributed by atoms with Gasteiger partial charge in [-0.1, -0.05) is 19.1 Å². The topological polar surface area (TPSA) is 44.8 Å². The van der Waals surface area contributed by atoms with Crippen LogP contribution in [0, 0.1) is 5.82 Å². The Morgan fingerprint density at radius 1 is 1.35 bits per heavy atom. The third-order valence-electron chi connectivity index (χ3n) is 3.87. The highest BCUT2D eigenvalue weighted by Gasteiger charge is 2.26. The molecule has 20 heavy (non-hydrogen) atoms. The van der Waals surface area contributed by atoms with Crippen LogP contribution in [-0.4, -0.2) is 26.6 Å². The van der Waals surface area contributed by atoms with E-state index in [1.165, 1.54) is 17.7 Å². The number of aromatic amines is 1. The lowest BCUT2D eigenvalue weighted by molar-refractivity contribution is 0.242. The molecule has 1 aliphatic heterocycles. The molecule has 0 radical (unpaired) electrons. The molecule has 106 valence electrons. The van der Waals surface area contributed by atoms with E-state index >= 15 is 0 Å². The minimum absolute atomic E-state index is 0.180. The van der Waals surface area contributed by atoms with Gasteiger partial charge in [0.1, 0.15) is 17.5 Å². The van der Waals surface area contributed by atoms with Crippen molar-refractivity contribution in [1.29, 1.82) is 0 Å². The van der Waals surface area contributed by atoms with Crippen LogP contribution >= 0.6 is 0 Å². The van der Waals surface area contributed by atoms with E-state index in [1.54, 1.807) is 0 Å². The quantitative estimate of drug-likeness (QED) is 0.932. The van der Waals surface area contributed by atoms with Gasteiger partial charge in [0.25, 0.3) is 0 Å². The largest absolute Gasteiger partial charge is 0.289 e. The van der Waals surface area contributed by atoms with E-state index in [1.807, 2.05) is 19.1 Å². The summed E-state index contributed by atoms with van der Waals surface area (Å²) >= 11 is 0. The number of hydrogen-bond acceptors (Lipinski definition) is 3. The van der Waals surface area contributed by atoms with Gasteiger partial charge in [-0.25, -0.2) is 9.37 Å². The van der Waals surface area contributed by atoms with Gasteiger partial charge >= 0.3 is 0 Å². The first-order chi connectivity index (χ1) is 9.76. The molecular weight excluding hydrogens is 255 g/mol. The molecule has 1 atom stereocenters. The summed E-state index contributed by atoms with van der Waals surface area (Å²) in [5.41, 5.74) is 1.18. The second-order valence-corrected chi connectivity index (χ2v) is 5.23. The first-order valence-electron chi connectivity index (χ1n) is 7.16. The Labute approximate surface area is 118 Å². The number of aromatic nitrogens is 3. The van der Waals surface area contributed by atoms with Crippen molar-refractivity contribution in [2.45, 2.75) is 38.8 Å². The smallest absolute Gasteiger partial charge is 0.150 e. The zero-order valence-corrected chi connectivity index (χ0v) is 11.6. The molecule has 1 aliphatic rings. The van der Waals surface area contributed by atoms with Gasteiger partial charge in [-0.3, -0.25) is 10.00 Å². The van der Waals surface area contributed by atoms with Gasteiger partial charge in [0, 0.05) is 12.5 Å². The maximum absolute atomic E-state index is 13.0. The lowest BCUT2D eigenvalue weighted by Gasteiger charge is -2.23. The third kappa shape index (κ3) is 2.72. The van der Waals surface area contributed by atoms with Crippen LogP contribution in [-0.2, 0) is 13.0 Å². The van der Waals surface area contributed by atoms with Gasteiger partial charge in [0.2, 0.25) is 0 Å². The lowest BCUT2D eigenvalue weighted by atomic mass is 10.0. The van der Waals surface area contributed by atoms with Crippen LogP contribution < -0.4 is 0 Å². The summed E-state index contributed by atoms with van der Waals surface area (Å²) in [6.07, 6.45) is 3.12. The Hall–Kier alpha value is -1.75. The van der Waals surface area contributed by atoms with Crippen LogP contribution in [0.2, 0.25) is 0 Å². The van der Waals surface area contributed by atoms with E-state index in [4.69, 9.17) is 0 Å². The van der Waals surface area contributed by atoms with Crippen LogP contribution in [0.15, 0.2) is 24.3 Å². The van der Waals surface area contributed by atoms with Crippen LogP contribution in [0.4, 0.5) is 4.39 Å². The SMILES string of the molecule is CCc1n[nH]c(CN2CCC[C@H]2c2ccc(F)cc2)n1. The number of H-pyrrole nitrogens is 1. The highest BCUT2D eigenvalue weighted by atomic mass is 19.1. The van der Waals surface area contributed by atoms with E-state index in [2.05, 4.69) is 20.1 Å². The fourth-order valence-electron chi connectivity index (χ4n) is 2.83. The molecular formula is C15H19FN4. The molecule has 2 aromatic rings. The Morgan fingerprint density at radius 3 is 2.85 bits per heavy atom. The Balaban J connectivity index is 1.73. The van der Waals surface area contributed by atoms with Crippen molar-refractivity contribution >= 4 is 0 Å². The lowest BCUT2D eigenvalue weighted by Crippen LogP contribution is -2.23. The average molecular weight is 274 g/mol. The molecule has 0 unspecified atom stereocenters. The second-order valence-electron chi connectivity index (χ2n) is 5.23. The first-order valence-corrected chi connectivity index (χ1v) is 7.16. The van der Waals surface area contributed by atoms with Crippen LogP contribution in [0.1, 0.15) is 43.0 Å². The standard InChI is InChI=1S/C15H19FN4/c1-2-14-17-15(19-18-14)10-20-9-3-4-13(20)11-5-7-12(16)8-6-11/h5-8,13H,2-4,9-10H2,1H3,(H,17,18,19)/t13-/m0/s1. The molecule has 0 spiro atoms. The number of hydrogen-bond donors (Lipinski definition) is 1. The molecule has 1 saturated heterocycles. The Morgan fingerprint density at radius 2 is 2.15 bits per heavy atom.